The number of alkyl halides is 2. The Kier molecular flexibility index (Phi) is 4.49. The number of hydrogen-bond donors (Lipinski definition) is 2. The zero-order valence-corrected chi connectivity index (χ0v) is 17.7. The Balaban J connectivity index is 1.15. The minimum atomic E-state index is -2.84. The molecule has 4 aliphatic rings. The lowest BCUT2D eigenvalue weighted by atomic mass is 9.98. The van der Waals surface area contributed by atoms with Crippen LogP contribution in [-0.4, -0.2) is 54.6 Å². The van der Waals surface area contributed by atoms with Crippen LogP contribution in [0.4, 0.5) is 20.4 Å². The van der Waals surface area contributed by atoms with Crippen LogP contribution in [0.3, 0.4) is 0 Å². The predicted octanol–water partition coefficient (Wildman–Crippen LogP) is 2.70. The summed E-state index contributed by atoms with van der Waals surface area (Å²) in [5, 5.41) is 7.21. The standard InChI is InChI=1S/C22H23F2N7O2/c23-22(24)9-17(22)20(33)31-15-3-4-16(31)8-13(7-15)18-5-6-25-21(28-18)27-14-10-26-30(11-14)29-19(32)12-1-2-12/h5-7,10-12,15-17H,1-4,8-9H2,(H,29,32)(H,25,27,28)/t15?,16?,17-/m0/s1. The molecule has 2 aliphatic carbocycles. The summed E-state index contributed by atoms with van der Waals surface area (Å²) in [6, 6.07) is 1.57. The van der Waals surface area contributed by atoms with E-state index in [1.807, 2.05) is 12.1 Å². The first kappa shape index (κ1) is 20.3. The maximum atomic E-state index is 13.4. The fourth-order valence-corrected chi connectivity index (χ4v) is 4.75. The van der Waals surface area contributed by atoms with E-state index >= 15 is 0 Å². The lowest BCUT2D eigenvalue weighted by Crippen LogP contribution is -2.44. The highest BCUT2D eigenvalue weighted by Crippen LogP contribution is 2.51. The highest BCUT2D eigenvalue weighted by molar-refractivity contribution is 5.88. The molecule has 1 saturated heterocycles. The van der Waals surface area contributed by atoms with Gasteiger partial charge in [0.25, 0.3) is 5.92 Å². The zero-order valence-electron chi connectivity index (χ0n) is 17.7. The van der Waals surface area contributed by atoms with E-state index in [1.165, 1.54) is 4.79 Å². The number of nitrogens with one attached hydrogen (secondary N) is 2. The number of carbonyl (C=O) groups excluding carboxylic acids is 2. The van der Waals surface area contributed by atoms with E-state index < -0.39 is 17.7 Å². The second-order valence-electron chi connectivity index (χ2n) is 9.27. The van der Waals surface area contributed by atoms with Crippen molar-refractivity contribution in [3.63, 3.8) is 0 Å². The molecule has 33 heavy (non-hydrogen) atoms. The van der Waals surface area contributed by atoms with Crippen molar-refractivity contribution in [1.82, 2.24) is 24.8 Å². The first-order chi connectivity index (χ1) is 15.9. The van der Waals surface area contributed by atoms with Gasteiger partial charge in [-0.25, -0.2) is 24.2 Å². The first-order valence-electron chi connectivity index (χ1n) is 11.2. The lowest BCUT2D eigenvalue weighted by Gasteiger charge is -2.34. The number of nitrogens with zero attached hydrogens (tertiary/aromatic N) is 5. The van der Waals surface area contributed by atoms with Gasteiger partial charge in [-0.05, 0) is 43.7 Å². The van der Waals surface area contributed by atoms with Crippen molar-refractivity contribution < 1.29 is 18.4 Å². The van der Waals surface area contributed by atoms with Crippen molar-refractivity contribution in [2.75, 3.05) is 10.7 Å². The van der Waals surface area contributed by atoms with E-state index in [1.54, 1.807) is 23.5 Å². The summed E-state index contributed by atoms with van der Waals surface area (Å²) >= 11 is 0. The zero-order chi connectivity index (χ0) is 22.7. The van der Waals surface area contributed by atoms with Gasteiger partial charge >= 0.3 is 0 Å². The van der Waals surface area contributed by atoms with Gasteiger partial charge in [-0.15, -0.1) is 0 Å². The molecule has 9 nitrogen and oxygen atoms in total. The molecule has 0 aromatic carbocycles. The van der Waals surface area contributed by atoms with Gasteiger partial charge in [0.1, 0.15) is 5.92 Å². The van der Waals surface area contributed by atoms with E-state index in [0.717, 1.165) is 37.0 Å². The van der Waals surface area contributed by atoms with Crippen LogP contribution >= 0.6 is 0 Å². The molecule has 11 heteroatoms. The largest absolute Gasteiger partial charge is 0.332 e. The fraction of sp³-hybridized carbons (Fsp3) is 0.500. The molecule has 2 aromatic rings. The number of amides is 2. The molecule has 172 valence electrons. The summed E-state index contributed by atoms with van der Waals surface area (Å²) in [7, 11) is 0. The van der Waals surface area contributed by atoms with Crippen molar-refractivity contribution in [3.8, 4) is 0 Å². The fourth-order valence-electron chi connectivity index (χ4n) is 4.75. The van der Waals surface area contributed by atoms with Gasteiger partial charge in [0.05, 0.1) is 29.8 Å². The van der Waals surface area contributed by atoms with Crippen LogP contribution in [0.1, 0.15) is 44.2 Å². The molecule has 2 N–H and O–H groups in total. The Morgan fingerprint density at radius 1 is 1.18 bits per heavy atom. The van der Waals surface area contributed by atoms with Crippen molar-refractivity contribution in [1.29, 1.82) is 0 Å². The monoisotopic (exact) mass is 455 g/mol. The van der Waals surface area contributed by atoms with Crippen molar-refractivity contribution in [2.24, 2.45) is 11.8 Å². The third-order valence-electron chi connectivity index (χ3n) is 6.77. The van der Waals surface area contributed by atoms with Crippen LogP contribution in [0.5, 0.6) is 0 Å². The summed E-state index contributed by atoms with van der Waals surface area (Å²) in [5.41, 5.74) is 5.08. The van der Waals surface area contributed by atoms with E-state index in [2.05, 4.69) is 25.8 Å². The van der Waals surface area contributed by atoms with Crippen LogP contribution in [0, 0.1) is 11.8 Å². The predicted molar refractivity (Wildman–Crippen MR) is 114 cm³/mol. The second-order valence-corrected chi connectivity index (χ2v) is 9.27. The molecule has 0 radical (unpaired) electrons. The van der Waals surface area contributed by atoms with Crippen molar-refractivity contribution >= 4 is 29.0 Å². The van der Waals surface area contributed by atoms with Gasteiger partial charge in [0.15, 0.2) is 0 Å². The highest BCUT2D eigenvalue weighted by atomic mass is 19.3. The maximum Gasteiger partial charge on any atom is 0.260 e. The van der Waals surface area contributed by atoms with Crippen LogP contribution in [0.2, 0.25) is 0 Å². The van der Waals surface area contributed by atoms with Gasteiger partial charge in [-0.3, -0.25) is 9.59 Å². The highest BCUT2D eigenvalue weighted by Gasteiger charge is 2.63. The number of fused-ring (bicyclic) bond motifs is 2. The molecule has 2 unspecified atom stereocenters. The summed E-state index contributed by atoms with van der Waals surface area (Å²) in [6.07, 6.45) is 10.5. The quantitative estimate of drug-likeness (QED) is 0.694. The van der Waals surface area contributed by atoms with E-state index in [0.29, 0.717) is 18.1 Å². The Morgan fingerprint density at radius 3 is 2.73 bits per heavy atom. The number of hydrogen-bond acceptors (Lipinski definition) is 6. The Hall–Kier alpha value is -3.37. The number of anilines is 2. The summed E-state index contributed by atoms with van der Waals surface area (Å²) in [5.74, 6) is -4.00. The van der Waals surface area contributed by atoms with Crippen LogP contribution in [0.25, 0.3) is 5.57 Å². The SMILES string of the molecule is O=C(Nn1cc(Nc2nccc(C3=CC4CCC(C3)N4C(=O)[C@@H]3CC3(F)F)n2)cn1)C1CC1. The topological polar surface area (TPSA) is 105 Å². The number of halogens is 2. The van der Waals surface area contributed by atoms with Gasteiger partial charge in [-0.2, -0.15) is 9.89 Å². The van der Waals surface area contributed by atoms with Crippen LogP contribution in [-0.2, 0) is 9.59 Å². The Labute approximate surface area is 188 Å². The molecule has 4 heterocycles. The summed E-state index contributed by atoms with van der Waals surface area (Å²) in [6.45, 7) is 0. The average molecular weight is 455 g/mol. The number of aromatic nitrogens is 4. The molecule has 2 aromatic heterocycles. The summed E-state index contributed by atoms with van der Waals surface area (Å²) in [4.78, 5) is 36.4. The molecule has 3 atom stereocenters. The van der Waals surface area contributed by atoms with E-state index in [-0.39, 0.29) is 30.3 Å². The average Bonchev–Trinajstić information content (AvgIpc) is 3.67. The molecular weight excluding hydrogens is 432 g/mol. The van der Waals surface area contributed by atoms with Gasteiger partial charge in [0.2, 0.25) is 17.8 Å². The number of carbonyl (C=O) groups is 2. The molecule has 2 aliphatic heterocycles. The minimum Gasteiger partial charge on any atom is -0.332 e. The smallest absolute Gasteiger partial charge is 0.260 e. The van der Waals surface area contributed by atoms with Gasteiger partial charge in [0, 0.05) is 24.6 Å². The Bertz CT molecular complexity index is 1160. The normalized spacial score (nSPS) is 27.2. The number of rotatable bonds is 6. The Morgan fingerprint density at radius 2 is 2.00 bits per heavy atom. The third-order valence-corrected chi connectivity index (χ3v) is 6.77. The minimum absolute atomic E-state index is 0.0420. The molecular formula is C22H23F2N7O2. The molecule has 3 fully saturated rings. The second kappa shape index (κ2) is 7.32. The molecule has 2 bridgehead atoms. The van der Waals surface area contributed by atoms with E-state index in [4.69, 9.17) is 0 Å². The third kappa shape index (κ3) is 3.85. The molecule has 6 rings (SSSR count). The van der Waals surface area contributed by atoms with Crippen molar-refractivity contribution in [3.05, 3.63) is 36.4 Å². The molecule has 2 saturated carbocycles. The van der Waals surface area contributed by atoms with Gasteiger partial charge in [-0.1, -0.05) is 6.08 Å². The molecule has 0 spiro atoms. The van der Waals surface area contributed by atoms with Gasteiger partial charge < -0.3 is 10.2 Å². The summed E-state index contributed by atoms with van der Waals surface area (Å²) < 4.78 is 26.9. The van der Waals surface area contributed by atoms with Crippen molar-refractivity contribution in [2.45, 2.75) is 56.5 Å². The van der Waals surface area contributed by atoms with Crippen LogP contribution in [0.15, 0.2) is 30.7 Å². The van der Waals surface area contributed by atoms with E-state index in [9.17, 15) is 18.4 Å². The maximum absolute atomic E-state index is 13.4. The van der Waals surface area contributed by atoms with Crippen LogP contribution < -0.4 is 10.7 Å². The lowest BCUT2D eigenvalue weighted by molar-refractivity contribution is -0.137. The molecule has 2 amide bonds. The first-order valence-corrected chi connectivity index (χ1v) is 11.2.